The summed E-state index contributed by atoms with van der Waals surface area (Å²) in [6.07, 6.45) is 9.43. The second kappa shape index (κ2) is 2.12. The Hall–Kier alpha value is 0.250. The molecule has 54 valence electrons. The molecule has 0 amide bonds. The van der Waals surface area contributed by atoms with Crippen molar-refractivity contribution >= 4 is 22.9 Å². The van der Waals surface area contributed by atoms with Crippen LogP contribution in [0.3, 0.4) is 0 Å². The second-order valence-corrected chi connectivity index (χ2v) is 4.68. The number of hydrogen-bond donors (Lipinski definition) is 0. The molecular weight excluding hydrogens is 237 g/mol. The zero-order chi connectivity index (χ0) is 7.19. The molecule has 1 aliphatic carbocycles. The lowest BCUT2D eigenvalue weighted by molar-refractivity contribution is 0.525. The largest absolute Gasteiger partial charge is 0.232 e. The van der Waals surface area contributed by atoms with Gasteiger partial charge in [-0.25, -0.2) is 3.11 Å². The minimum absolute atomic E-state index is 0.420. The maximum Gasteiger partial charge on any atom is 0.0806 e. The fourth-order valence-electron chi connectivity index (χ4n) is 1.68. The monoisotopic (exact) mass is 247 g/mol. The van der Waals surface area contributed by atoms with E-state index in [1.54, 1.807) is 0 Å². The minimum Gasteiger partial charge on any atom is -0.232 e. The van der Waals surface area contributed by atoms with Crippen LogP contribution in [-0.2, 0) is 0 Å². The highest BCUT2D eigenvalue weighted by Crippen LogP contribution is 2.55. The van der Waals surface area contributed by atoms with E-state index in [4.69, 9.17) is 6.42 Å². The van der Waals surface area contributed by atoms with Crippen LogP contribution in [-0.4, -0.2) is 15.7 Å². The first-order chi connectivity index (χ1) is 4.76. The summed E-state index contributed by atoms with van der Waals surface area (Å²) >= 11 is 2.35. The summed E-state index contributed by atoms with van der Waals surface area (Å²) in [5.41, 5.74) is 0.665. The molecule has 1 heterocycles. The van der Waals surface area contributed by atoms with Gasteiger partial charge in [0.1, 0.15) is 0 Å². The lowest BCUT2D eigenvalue weighted by atomic mass is 10.0. The highest BCUT2D eigenvalue weighted by molar-refractivity contribution is 14.1. The summed E-state index contributed by atoms with van der Waals surface area (Å²) < 4.78 is 2.28. The highest BCUT2D eigenvalue weighted by atomic mass is 127. The van der Waals surface area contributed by atoms with Crippen molar-refractivity contribution in [3.8, 4) is 12.3 Å². The van der Waals surface area contributed by atoms with E-state index in [-0.39, 0.29) is 0 Å². The molecule has 1 spiro atoms. The molecule has 1 saturated carbocycles. The van der Waals surface area contributed by atoms with Crippen LogP contribution in [0.15, 0.2) is 0 Å². The minimum atomic E-state index is 0.420. The van der Waals surface area contributed by atoms with Gasteiger partial charge in [0.2, 0.25) is 0 Å². The van der Waals surface area contributed by atoms with Crippen molar-refractivity contribution in [2.75, 3.05) is 6.54 Å². The fraction of sp³-hybridized carbons (Fsp3) is 0.750. The summed E-state index contributed by atoms with van der Waals surface area (Å²) in [4.78, 5) is 0. The Morgan fingerprint density at radius 2 is 2.30 bits per heavy atom. The van der Waals surface area contributed by atoms with Gasteiger partial charge in [-0.3, -0.25) is 0 Å². The molecule has 1 aliphatic heterocycles. The first-order valence-corrected chi connectivity index (χ1v) is 4.61. The molecule has 0 N–H and O–H groups in total. The summed E-state index contributed by atoms with van der Waals surface area (Å²) in [5.74, 6) is 2.83. The van der Waals surface area contributed by atoms with Crippen molar-refractivity contribution in [3.63, 3.8) is 0 Å². The quantitative estimate of drug-likeness (QED) is 0.358. The van der Waals surface area contributed by atoms with Gasteiger partial charge >= 0.3 is 0 Å². The Balaban J connectivity index is 2.09. The van der Waals surface area contributed by atoms with Crippen LogP contribution in [0.2, 0.25) is 0 Å². The lowest BCUT2D eigenvalue weighted by Crippen LogP contribution is -2.16. The average Bonchev–Trinajstić information content (AvgIpc) is 2.55. The van der Waals surface area contributed by atoms with Gasteiger partial charge in [-0.05, 0) is 24.7 Å². The average molecular weight is 247 g/mol. The Morgan fingerprint density at radius 3 is 2.60 bits per heavy atom. The molecular formula is C8H10IN. The van der Waals surface area contributed by atoms with E-state index in [9.17, 15) is 0 Å². The van der Waals surface area contributed by atoms with Crippen LogP contribution < -0.4 is 0 Å². The third-order valence-electron chi connectivity index (χ3n) is 2.60. The lowest BCUT2D eigenvalue weighted by Gasteiger charge is -2.08. The first kappa shape index (κ1) is 6.93. The standard InChI is InChI=1S/C8H10IN/c1-2-7-5-8(3-4-8)6-10(7)9/h1,7H,3-6H2/t7-/m0/s1. The Morgan fingerprint density at radius 1 is 1.60 bits per heavy atom. The SMILES string of the molecule is C#C[C@H]1CC2(CC2)CN1I. The van der Waals surface area contributed by atoms with Crippen molar-refractivity contribution in [3.05, 3.63) is 0 Å². The van der Waals surface area contributed by atoms with Crippen LogP contribution in [0.1, 0.15) is 19.3 Å². The summed E-state index contributed by atoms with van der Waals surface area (Å²) in [6.45, 7) is 1.22. The van der Waals surface area contributed by atoms with E-state index >= 15 is 0 Å². The number of nitrogens with zero attached hydrogens (tertiary/aromatic N) is 1. The van der Waals surface area contributed by atoms with Crippen molar-refractivity contribution in [1.82, 2.24) is 3.11 Å². The van der Waals surface area contributed by atoms with Crippen molar-refractivity contribution in [2.24, 2.45) is 5.41 Å². The third-order valence-corrected chi connectivity index (χ3v) is 3.61. The van der Waals surface area contributed by atoms with E-state index in [0.29, 0.717) is 11.5 Å². The van der Waals surface area contributed by atoms with Crippen molar-refractivity contribution in [2.45, 2.75) is 25.3 Å². The third kappa shape index (κ3) is 0.960. The molecule has 0 aromatic rings. The van der Waals surface area contributed by atoms with E-state index in [1.165, 1.54) is 25.8 Å². The topological polar surface area (TPSA) is 3.24 Å². The molecule has 1 saturated heterocycles. The maximum atomic E-state index is 5.38. The number of terminal acetylenes is 1. The van der Waals surface area contributed by atoms with Crippen LogP contribution in [0.25, 0.3) is 0 Å². The Bertz CT molecular complexity index is 190. The van der Waals surface area contributed by atoms with Crippen LogP contribution in [0, 0.1) is 17.8 Å². The van der Waals surface area contributed by atoms with Gasteiger partial charge in [0.05, 0.1) is 6.04 Å². The summed E-state index contributed by atoms with van der Waals surface area (Å²) in [6, 6.07) is 0.420. The van der Waals surface area contributed by atoms with Gasteiger partial charge < -0.3 is 0 Å². The van der Waals surface area contributed by atoms with Crippen molar-refractivity contribution in [1.29, 1.82) is 0 Å². The van der Waals surface area contributed by atoms with Gasteiger partial charge in [0.25, 0.3) is 0 Å². The van der Waals surface area contributed by atoms with Crippen LogP contribution >= 0.6 is 22.9 Å². The van der Waals surface area contributed by atoms with Gasteiger partial charge in [-0.15, -0.1) is 6.42 Å². The maximum absolute atomic E-state index is 5.38. The molecule has 0 aromatic carbocycles. The molecule has 2 aliphatic rings. The zero-order valence-electron chi connectivity index (χ0n) is 5.81. The van der Waals surface area contributed by atoms with Crippen LogP contribution in [0.4, 0.5) is 0 Å². The smallest absolute Gasteiger partial charge is 0.0806 e. The molecule has 2 fully saturated rings. The Labute approximate surface area is 75.7 Å². The number of hydrogen-bond acceptors (Lipinski definition) is 1. The van der Waals surface area contributed by atoms with Gasteiger partial charge in [0, 0.05) is 29.4 Å². The van der Waals surface area contributed by atoms with E-state index in [2.05, 4.69) is 31.9 Å². The van der Waals surface area contributed by atoms with E-state index in [0.717, 1.165) is 0 Å². The molecule has 0 radical (unpaired) electrons. The molecule has 0 unspecified atom stereocenters. The van der Waals surface area contributed by atoms with Crippen LogP contribution in [0.5, 0.6) is 0 Å². The van der Waals surface area contributed by atoms with Gasteiger partial charge in [0.15, 0.2) is 0 Å². The highest BCUT2D eigenvalue weighted by Gasteiger charge is 2.50. The Kier molecular flexibility index (Phi) is 1.47. The predicted octanol–water partition coefficient (Wildman–Crippen LogP) is 1.82. The zero-order valence-corrected chi connectivity index (χ0v) is 7.97. The summed E-state index contributed by atoms with van der Waals surface area (Å²) in [5, 5.41) is 0. The predicted molar refractivity (Wildman–Crippen MR) is 49.6 cm³/mol. The first-order valence-electron chi connectivity index (χ1n) is 3.64. The fourth-order valence-corrected chi connectivity index (χ4v) is 2.76. The van der Waals surface area contributed by atoms with E-state index in [1.807, 2.05) is 0 Å². The second-order valence-electron chi connectivity index (χ2n) is 3.44. The molecule has 2 rings (SSSR count). The molecule has 0 bridgehead atoms. The van der Waals surface area contributed by atoms with Gasteiger partial charge in [-0.2, -0.15) is 0 Å². The number of rotatable bonds is 0. The van der Waals surface area contributed by atoms with E-state index < -0.39 is 0 Å². The molecule has 10 heavy (non-hydrogen) atoms. The van der Waals surface area contributed by atoms with Crippen molar-refractivity contribution < 1.29 is 0 Å². The molecule has 1 atom stereocenters. The molecule has 2 heteroatoms. The molecule has 1 nitrogen and oxygen atoms in total. The molecule has 0 aromatic heterocycles. The summed E-state index contributed by atoms with van der Waals surface area (Å²) in [7, 11) is 0. The normalized spacial score (nSPS) is 36.2. The van der Waals surface area contributed by atoms with Gasteiger partial charge in [-0.1, -0.05) is 5.92 Å². The number of halogens is 1.